The molecule has 0 spiro atoms. The van der Waals surface area contributed by atoms with Crippen molar-refractivity contribution in [1.29, 1.82) is 0 Å². The Bertz CT molecular complexity index is 415. The van der Waals surface area contributed by atoms with Crippen LogP contribution in [0.4, 0.5) is 0 Å². The number of pyridine rings is 1. The fraction of sp³-hybridized carbons (Fsp3) is 0.688. The molecule has 0 saturated heterocycles. The van der Waals surface area contributed by atoms with E-state index in [0.29, 0.717) is 12.0 Å². The number of hydrogen-bond donors (Lipinski definition) is 1. The van der Waals surface area contributed by atoms with Crippen LogP contribution in [0, 0.1) is 11.8 Å². The molecule has 2 aliphatic carbocycles. The molecule has 18 heavy (non-hydrogen) atoms. The van der Waals surface area contributed by atoms with Crippen molar-refractivity contribution in [3.8, 4) is 0 Å². The Balaban J connectivity index is 1.85. The lowest BCUT2D eigenvalue weighted by Crippen LogP contribution is -2.39. The van der Waals surface area contributed by atoms with E-state index in [0.717, 1.165) is 11.8 Å². The maximum absolute atomic E-state index is 4.67. The van der Waals surface area contributed by atoms with E-state index in [4.69, 9.17) is 0 Å². The second-order valence-corrected chi connectivity index (χ2v) is 6.08. The maximum atomic E-state index is 4.67. The van der Waals surface area contributed by atoms with Crippen LogP contribution in [0.2, 0.25) is 0 Å². The van der Waals surface area contributed by atoms with E-state index in [1.807, 2.05) is 6.20 Å². The van der Waals surface area contributed by atoms with Crippen molar-refractivity contribution in [1.82, 2.24) is 10.3 Å². The van der Waals surface area contributed by atoms with E-state index >= 15 is 0 Å². The molecule has 1 aromatic heterocycles. The van der Waals surface area contributed by atoms with E-state index in [1.54, 1.807) is 0 Å². The van der Waals surface area contributed by atoms with Crippen LogP contribution in [0.3, 0.4) is 0 Å². The van der Waals surface area contributed by atoms with Gasteiger partial charge in [-0.3, -0.25) is 4.98 Å². The zero-order valence-electron chi connectivity index (χ0n) is 11.5. The molecule has 0 bridgehead atoms. The number of nitrogens with zero attached hydrogens (tertiary/aromatic N) is 1. The molecule has 1 N–H and O–H groups in total. The number of fused-ring (bicyclic) bond motifs is 1. The van der Waals surface area contributed by atoms with Gasteiger partial charge in [-0.25, -0.2) is 0 Å². The third-order valence-corrected chi connectivity index (χ3v) is 5.16. The molecule has 0 aromatic carbocycles. The summed E-state index contributed by atoms with van der Waals surface area (Å²) in [5.41, 5.74) is 2.85. The van der Waals surface area contributed by atoms with Gasteiger partial charge in [0.15, 0.2) is 0 Å². The van der Waals surface area contributed by atoms with Crippen LogP contribution in [0.15, 0.2) is 18.3 Å². The number of aryl methyl sites for hydroxylation is 1. The second-order valence-electron chi connectivity index (χ2n) is 6.08. The van der Waals surface area contributed by atoms with Gasteiger partial charge in [0, 0.05) is 23.9 Å². The molecule has 1 heterocycles. The molecule has 4 unspecified atom stereocenters. The fourth-order valence-electron chi connectivity index (χ4n) is 4.21. The van der Waals surface area contributed by atoms with Gasteiger partial charge >= 0.3 is 0 Å². The molecule has 0 amide bonds. The predicted molar refractivity (Wildman–Crippen MR) is 74.7 cm³/mol. The van der Waals surface area contributed by atoms with Gasteiger partial charge in [-0.15, -0.1) is 0 Å². The lowest BCUT2D eigenvalue weighted by atomic mass is 9.81. The first kappa shape index (κ1) is 12.2. The zero-order valence-corrected chi connectivity index (χ0v) is 11.5. The second kappa shape index (κ2) is 5.00. The summed E-state index contributed by atoms with van der Waals surface area (Å²) in [4.78, 5) is 4.67. The van der Waals surface area contributed by atoms with Gasteiger partial charge in [0.1, 0.15) is 0 Å². The SMILES string of the molecule is CNC(C1CCc2cccnc21)C1CCCC1C. The van der Waals surface area contributed by atoms with Crippen LogP contribution in [0.5, 0.6) is 0 Å². The van der Waals surface area contributed by atoms with Gasteiger partial charge in [-0.05, 0) is 49.8 Å². The highest BCUT2D eigenvalue weighted by Crippen LogP contribution is 2.42. The highest BCUT2D eigenvalue weighted by Gasteiger charge is 2.38. The molecule has 98 valence electrons. The Morgan fingerprint density at radius 2 is 2.22 bits per heavy atom. The molecule has 3 rings (SSSR count). The van der Waals surface area contributed by atoms with Crippen molar-refractivity contribution in [2.24, 2.45) is 11.8 Å². The van der Waals surface area contributed by atoms with Crippen LogP contribution < -0.4 is 5.32 Å². The van der Waals surface area contributed by atoms with Gasteiger partial charge in [-0.2, -0.15) is 0 Å². The van der Waals surface area contributed by atoms with Gasteiger partial charge in [0.25, 0.3) is 0 Å². The molecule has 4 atom stereocenters. The van der Waals surface area contributed by atoms with Gasteiger partial charge in [0.05, 0.1) is 0 Å². The summed E-state index contributed by atoms with van der Waals surface area (Å²) >= 11 is 0. The minimum Gasteiger partial charge on any atom is -0.316 e. The van der Waals surface area contributed by atoms with Crippen molar-refractivity contribution in [2.75, 3.05) is 7.05 Å². The van der Waals surface area contributed by atoms with Gasteiger partial charge in [0.2, 0.25) is 0 Å². The number of nitrogens with one attached hydrogen (secondary N) is 1. The van der Waals surface area contributed by atoms with Crippen LogP contribution in [0.1, 0.15) is 49.8 Å². The van der Waals surface area contributed by atoms with Crippen LogP contribution in [0.25, 0.3) is 0 Å². The first-order valence-corrected chi connectivity index (χ1v) is 7.42. The van der Waals surface area contributed by atoms with Crippen molar-refractivity contribution in [3.05, 3.63) is 29.6 Å². The van der Waals surface area contributed by atoms with Gasteiger partial charge in [-0.1, -0.05) is 25.8 Å². The molecule has 0 radical (unpaired) electrons. The first-order valence-electron chi connectivity index (χ1n) is 7.42. The van der Waals surface area contributed by atoms with Crippen molar-refractivity contribution in [3.63, 3.8) is 0 Å². The third kappa shape index (κ3) is 1.97. The monoisotopic (exact) mass is 244 g/mol. The Morgan fingerprint density at radius 1 is 1.33 bits per heavy atom. The summed E-state index contributed by atoms with van der Waals surface area (Å²) in [5.74, 6) is 2.35. The summed E-state index contributed by atoms with van der Waals surface area (Å²) in [7, 11) is 2.14. The topological polar surface area (TPSA) is 24.9 Å². The van der Waals surface area contributed by atoms with E-state index in [1.165, 1.54) is 43.4 Å². The molecule has 0 aliphatic heterocycles. The molecular weight excluding hydrogens is 220 g/mol. The summed E-state index contributed by atoms with van der Waals surface area (Å²) in [5, 5.41) is 3.62. The zero-order chi connectivity index (χ0) is 12.5. The average Bonchev–Trinajstić information content (AvgIpc) is 2.99. The Labute approximate surface area is 110 Å². The van der Waals surface area contributed by atoms with E-state index < -0.39 is 0 Å². The number of aromatic nitrogens is 1. The largest absolute Gasteiger partial charge is 0.316 e. The van der Waals surface area contributed by atoms with Crippen LogP contribution in [-0.2, 0) is 6.42 Å². The fourth-order valence-corrected chi connectivity index (χ4v) is 4.21. The van der Waals surface area contributed by atoms with Gasteiger partial charge < -0.3 is 5.32 Å². The minimum atomic E-state index is 0.624. The lowest BCUT2D eigenvalue weighted by molar-refractivity contribution is 0.269. The molecule has 2 aliphatic rings. The Kier molecular flexibility index (Phi) is 3.38. The first-order chi connectivity index (χ1) is 8.81. The quantitative estimate of drug-likeness (QED) is 0.883. The van der Waals surface area contributed by atoms with E-state index in [-0.39, 0.29) is 0 Å². The van der Waals surface area contributed by atoms with Crippen molar-refractivity contribution < 1.29 is 0 Å². The molecule has 1 saturated carbocycles. The predicted octanol–water partition coefficient (Wildman–Crippen LogP) is 3.14. The highest BCUT2D eigenvalue weighted by molar-refractivity contribution is 5.30. The number of hydrogen-bond acceptors (Lipinski definition) is 2. The lowest BCUT2D eigenvalue weighted by Gasteiger charge is -2.31. The maximum Gasteiger partial charge on any atom is 0.0482 e. The number of rotatable bonds is 3. The van der Waals surface area contributed by atoms with E-state index in [2.05, 4.69) is 36.4 Å². The standard InChI is InChI=1S/C16H24N2/c1-11-5-3-7-13(11)16(17-2)14-9-8-12-6-4-10-18-15(12)14/h4,6,10-11,13-14,16-17H,3,5,7-9H2,1-2H3. The summed E-state index contributed by atoms with van der Waals surface area (Å²) in [6, 6.07) is 4.96. The van der Waals surface area contributed by atoms with Crippen molar-refractivity contribution >= 4 is 0 Å². The van der Waals surface area contributed by atoms with Crippen LogP contribution in [-0.4, -0.2) is 18.1 Å². The Hall–Kier alpha value is -0.890. The normalized spacial score (nSPS) is 32.4. The summed E-state index contributed by atoms with van der Waals surface area (Å²) in [6.07, 6.45) is 8.66. The molecule has 2 heteroatoms. The van der Waals surface area contributed by atoms with Crippen molar-refractivity contribution in [2.45, 2.75) is 51.0 Å². The van der Waals surface area contributed by atoms with E-state index in [9.17, 15) is 0 Å². The average molecular weight is 244 g/mol. The molecule has 1 fully saturated rings. The summed E-state index contributed by atoms with van der Waals surface area (Å²) < 4.78 is 0. The summed E-state index contributed by atoms with van der Waals surface area (Å²) in [6.45, 7) is 2.43. The minimum absolute atomic E-state index is 0.624. The Morgan fingerprint density at radius 3 is 2.94 bits per heavy atom. The molecule has 1 aromatic rings. The third-order valence-electron chi connectivity index (χ3n) is 5.16. The molecule has 2 nitrogen and oxygen atoms in total. The number of likely N-dealkylation sites (N-methyl/N-ethyl adjacent to an activating group) is 1. The molecular formula is C16H24N2. The smallest absolute Gasteiger partial charge is 0.0482 e. The highest BCUT2D eigenvalue weighted by atomic mass is 14.9. The van der Waals surface area contributed by atoms with Crippen LogP contribution >= 0.6 is 0 Å².